The molecular weight excluding hydrogens is 392 g/mol. The van der Waals surface area contributed by atoms with Gasteiger partial charge in [-0.3, -0.25) is 0 Å². The molecule has 0 radical (unpaired) electrons. The van der Waals surface area contributed by atoms with Crippen LogP contribution in [0.2, 0.25) is 10.0 Å². The Labute approximate surface area is 137 Å². The van der Waals surface area contributed by atoms with Gasteiger partial charge < -0.3 is 5.32 Å². The van der Waals surface area contributed by atoms with Crippen molar-refractivity contribution in [3.8, 4) is 0 Å². The number of likely N-dealkylation sites (N-methyl/N-ethyl adjacent to an activating group) is 1. The molecule has 0 spiro atoms. The van der Waals surface area contributed by atoms with Crippen molar-refractivity contribution in [2.24, 2.45) is 0 Å². The summed E-state index contributed by atoms with van der Waals surface area (Å²) in [4.78, 5) is 0. The lowest BCUT2D eigenvalue weighted by molar-refractivity contribution is 0.592. The van der Waals surface area contributed by atoms with Gasteiger partial charge in [0.05, 0.1) is 0 Å². The summed E-state index contributed by atoms with van der Waals surface area (Å²) in [6, 6.07) is 14.3. The van der Waals surface area contributed by atoms with Gasteiger partial charge in [-0.2, -0.15) is 0 Å². The Morgan fingerprint density at radius 3 is 2.42 bits per heavy atom. The first-order valence-electron chi connectivity index (χ1n) is 5.97. The molecule has 0 saturated heterocycles. The van der Waals surface area contributed by atoms with E-state index in [2.05, 4.69) is 52.2 Å². The molecule has 0 aliphatic rings. The Hall–Kier alpha value is -0.290. The van der Waals surface area contributed by atoms with E-state index in [9.17, 15) is 0 Å². The van der Waals surface area contributed by atoms with Crippen molar-refractivity contribution in [1.29, 1.82) is 0 Å². The van der Waals surface area contributed by atoms with Crippen LogP contribution in [0.15, 0.2) is 42.5 Å². The van der Waals surface area contributed by atoms with Crippen LogP contribution in [-0.2, 0) is 6.42 Å². The molecule has 0 bridgehead atoms. The maximum atomic E-state index is 6.22. The second kappa shape index (κ2) is 6.93. The number of rotatable bonds is 4. The largest absolute Gasteiger partial charge is 0.313 e. The summed E-state index contributed by atoms with van der Waals surface area (Å²) in [6.45, 7) is 0. The third-order valence-electron chi connectivity index (χ3n) is 3.05. The van der Waals surface area contributed by atoms with Crippen molar-refractivity contribution in [1.82, 2.24) is 5.32 Å². The van der Waals surface area contributed by atoms with E-state index >= 15 is 0 Å². The zero-order valence-corrected chi connectivity index (χ0v) is 14.1. The molecule has 0 aliphatic carbocycles. The van der Waals surface area contributed by atoms with Crippen LogP contribution in [0.5, 0.6) is 0 Å². The summed E-state index contributed by atoms with van der Waals surface area (Å²) in [5.74, 6) is 0. The topological polar surface area (TPSA) is 12.0 Å². The SMILES string of the molecule is CNC(Cc1cc(Cl)ccc1Cl)c1ccc(I)cc1. The molecule has 1 nitrogen and oxygen atoms in total. The van der Waals surface area contributed by atoms with E-state index in [-0.39, 0.29) is 6.04 Å². The quantitative estimate of drug-likeness (QED) is 0.697. The van der Waals surface area contributed by atoms with Crippen LogP contribution < -0.4 is 5.32 Å². The lowest BCUT2D eigenvalue weighted by Crippen LogP contribution is -2.19. The standard InChI is InChI=1S/C15H14Cl2IN/c1-19-15(10-2-5-13(18)6-3-10)9-11-8-12(16)4-7-14(11)17/h2-8,15,19H,9H2,1H3. The predicted molar refractivity (Wildman–Crippen MR) is 91.1 cm³/mol. The van der Waals surface area contributed by atoms with Crippen LogP contribution >= 0.6 is 45.8 Å². The first kappa shape index (κ1) is 15.1. The number of hydrogen-bond donors (Lipinski definition) is 1. The van der Waals surface area contributed by atoms with Crippen molar-refractivity contribution in [2.45, 2.75) is 12.5 Å². The minimum absolute atomic E-state index is 0.230. The first-order chi connectivity index (χ1) is 9.10. The molecule has 0 saturated carbocycles. The van der Waals surface area contributed by atoms with E-state index in [1.807, 2.05) is 25.2 Å². The Bertz CT molecular complexity index is 555. The van der Waals surface area contributed by atoms with Crippen molar-refractivity contribution in [2.75, 3.05) is 7.05 Å². The fourth-order valence-electron chi connectivity index (χ4n) is 2.00. The highest BCUT2D eigenvalue weighted by Crippen LogP contribution is 2.26. The monoisotopic (exact) mass is 405 g/mol. The van der Waals surface area contributed by atoms with E-state index in [0.717, 1.165) is 22.0 Å². The van der Waals surface area contributed by atoms with Gasteiger partial charge in [0.15, 0.2) is 0 Å². The minimum Gasteiger partial charge on any atom is -0.313 e. The summed E-state index contributed by atoms with van der Waals surface area (Å²) in [5, 5.41) is 4.81. The zero-order valence-electron chi connectivity index (χ0n) is 10.5. The molecule has 2 rings (SSSR count). The summed E-state index contributed by atoms with van der Waals surface area (Å²) >= 11 is 14.6. The molecule has 100 valence electrons. The van der Waals surface area contributed by atoms with Crippen molar-refractivity contribution in [3.05, 3.63) is 67.2 Å². The molecule has 0 amide bonds. The highest BCUT2D eigenvalue weighted by Gasteiger charge is 2.12. The summed E-state index contributed by atoms with van der Waals surface area (Å²) < 4.78 is 1.23. The van der Waals surface area contributed by atoms with Gasteiger partial charge in [0.2, 0.25) is 0 Å². The Kier molecular flexibility index (Phi) is 5.51. The molecule has 4 heteroatoms. The maximum Gasteiger partial charge on any atom is 0.0439 e. The molecule has 2 aromatic carbocycles. The van der Waals surface area contributed by atoms with Gasteiger partial charge in [0, 0.05) is 19.7 Å². The van der Waals surface area contributed by atoms with Crippen LogP contribution in [0.4, 0.5) is 0 Å². The Balaban J connectivity index is 2.23. The zero-order chi connectivity index (χ0) is 13.8. The second-order valence-corrected chi connectivity index (χ2v) is 6.42. The van der Waals surface area contributed by atoms with Gasteiger partial charge in [-0.15, -0.1) is 0 Å². The van der Waals surface area contributed by atoms with Crippen molar-refractivity contribution in [3.63, 3.8) is 0 Å². The van der Waals surface area contributed by atoms with E-state index in [4.69, 9.17) is 23.2 Å². The van der Waals surface area contributed by atoms with E-state index in [1.54, 1.807) is 0 Å². The maximum absolute atomic E-state index is 6.22. The molecule has 0 aliphatic heterocycles. The van der Waals surface area contributed by atoms with Crippen LogP contribution in [0, 0.1) is 3.57 Å². The number of halogens is 3. The van der Waals surface area contributed by atoms with Crippen LogP contribution in [0.25, 0.3) is 0 Å². The molecule has 19 heavy (non-hydrogen) atoms. The van der Waals surface area contributed by atoms with Crippen molar-refractivity contribution < 1.29 is 0 Å². The van der Waals surface area contributed by atoms with Crippen LogP contribution in [-0.4, -0.2) is 7.05 Å². The lowest BCUT2D eigenvalue weighted by Gasteiger charge is -2.18. The van der Waals surface area contributed by atoms with E-state index in [0.29, 0.717) is 0 Å². The van der Waals surface area contributed by atoms with Gasteiger partial charge in [-0.1, -0.05) is 35.3 Å². The smallest absolute Gasteiger partial charge is 0.0439 e. The first-order valence-corrected chi connectivity index (χ1v) is 7.80. The normalized spacial score (nSPS) is 12.4. The summed E-state index contributed by atoms with van der Waals surface area (Å²) in [6.07, 6.45) is 0.816. The van der Waals surface area contributed by atoms with Gasteiger partial charge in [0.1, 0.15) is 0 Å². The Morgan fingerprint density at radius 1 is 1.11 bits per heavy atom. The molecule has 2 aromatic rings. The number of nitrogens with one attached hydrogen (secondary N) is 1. The predicted octanol–water partition coefficient (Wildman–Crippen LogP) is 5.10. The molecule has 0 fully saturated rings. The summed E-state index contributed by atoms with van der Waals surface area (Å²) in [7, 11) is 1.96. The number of hydrogen-bond acceptors (Lipinski definition) is 1. The molecule has 0 aromatic heterocycles. The van der Waals surface area contributed by atoms with Gasteiger partial charge in [0.25, 0.3) is 0 Å². The fraction of sp³-hybridized carbons (Fsp3) is 0.200. The van der Waals surface area contributed by atoms with Gasteiger partial charge in [-0.25, -0.2) is 0 Å². The third-order valence-corrected chi connectivity index (χ3v) is 4.38. The lowest BCUT2D eigenvalue weighted by atomic mass is 9.99. The minimum atomic E-state index is 0.230. The fourth-order valence-corrected chi connectivity index (χ4v) is 2.75. The average Bonchev–Trinajstić information content (AvgIpc) is 2.41. The second-order valence-electron chi connectivity index (χ2n) is 4.33. The summed E-state index contributed by atoms with van der Waals surface area (Å²) in [5.41, 5.74) is 2.31. The van der Waals surface area contributed by atoms with Crippen LogP contribution in [0.1, 0.15) is 17.2 Å². The Morgan fingerprint density at radius 2 is 1.79 bits per heavy atom. The molecule has 1 unspecified atom stereocenters. The molecule has 1 atom stereocenters. The van der Waals surface area contributed by atoms with E-state index in [1.165, 1.54) is 9.13 Å². The third kappa shape index (κ3) is 4.09. The highest BCUT2D eigenvalue weighted by atomic mass is 127. The molecule has 1 N–H and O–H groups in total. The molecular formula is C15H14Cl2IN. The van der Waals surface area contributed by atoms with Gasteiger partial charge >= 0.3 is 0 Å². The van der Waals surface area contributed by atoms with Crippen LogP contribution in [0.3, 0.4) is 0 Å². The van der Waals surface area contributed by atoms with Gasteiger partial charge in [-0.05, 0) is 77.5 Å². The van der Waals surface area contributed by atoms with E-state index < -0.39 is 0 Å². The highest BCUT2D eigenvalue weighted by molar-refractivity contribution is 14.1. The molecule has 0 heterocycles. The van der Waals surface area contributed by atoms with Crippen molar-refractivity contribution >= 4 is 45.8 Å². The number of benzene rings is 2. The average molecular weight is 406 g/mol.